The molecule has 1 N–H and O–H groups in total. The summed E-state index contributed by atoms with van der Waals surface area (Å²) in [5.41, 5.74) is 1.67. The quantitative estimate of drug-likeness (QED) is 0.879. The minimum absolute atomic E-state index is 0.00764. The van der Waals surface area contributed by atoms with Crippen LogP contribution in [0.3, 0.4) is 0 Å². The molecule has 114 valence electrons. The van der Waals surface area contributed by atoms with Gasteiger partial charge in [0.2, 0.25) is 5.96 Å². The van der Waals surface area contributed by atoms with Crippen LogP contribution in [0.15, 0.2) is 58.5 Å². The van der Waals surface area contributed by atoms with Crippen molar-refractivity contribution in [2.24, 2.45) is 9.98 Å². The topological polar surface area (TPSA) is 57.1 Å². The third-order valence-corrected chi connectivity index (χ3v) is 3.81. The molecule has 4 rings (SSSR count). The van der Waals surface area contributed by atoms with Crippen LogP contribution in [0.4, 0.5) is 10.1 Å². The summed E-state index contributed by atoms with van der Waals surface area (Å²) in [4.78, 5) is 23.2. The number of hydrogen-bond acceptors (Lipinski definition) is 4. The Bertz CT molecular complexity index is 859. The third-order valence-electron chi connectivity index (χ3n) is 3.81. The average Bonchev–Trinajstić information content (AvgIpc) is 3.05. The van der Waals surface area contributed by atoms with Gasteiger partial charge in [0, 0.05) is 12.1 Å². The Kier molecular flexibility index (Phi) is 3.15. The summed E-state index contributed by atoms with van der Waals surface area (Å²) in [6.45, 7) is 1.28. The first-order valence-electron chi connectivity index (χ1n) is 7.30. The molecule has 0 aliphatic carbocycles. The largest absolute Gasteiger partial charge is 0.294 e. The fraction of sp³-hybridized carbons (Fsp3) is 0.118. The maximum Gasteiger partial charge on any atom is 0.260 e. The molecule has 0 radical (unpaired) electrons. The first kappa shape index (κ1) is 13.6. The molecule has 5 nitrogen and oxygen atoms in total. The van der Waals surface area contributed by atoms with Gasteiger partial charge in [-0.3, -0.25) is 20.0 Å². The molecule has 2 heterocycles. The van der Waals surface area contributed by atoms with Crippen LogP contribution >= 0.6 is 0 Å². The van der Waals surface area contributed by atoms with Crippen LogP contribution in [-0.4, -0.2) is 35.7 Å². The normalized spacial score (nSPS) is 15.4. The molecule has 2 aliphatic rings. The fourth-order valence-corrected chi connectivity index (χ4v) is 2.73. The third kappa shape index (κ3) is 2.28. The number of fused-ring (bicyclic) bond motifs is 3. The number of nitrogens with one attached hydrogen (secondary N) is 1. The van der Waals surface area contributed by atoms with E-state index in [-0.39, 0.29) is 5.56 Å². The predicted molar refractivity (Wildman–Crippen MR) is 85.5 cm³/mol. The molecule has 0 aromatic heterocycles. The summed E-state index contributed by atoms with van der Waals surface area (Å²) in [5.74, 6) is 0.0947. The number of benzene rings is 2. The fourth-order valence-electron chi connectivity index (χ4n) is 2.73. The van der Waals surface area contributed by atoms with Gasteiger partial charge in [0.15, 0.2) is 0 Å². The zero-order valence-corrected chi connectivity index (χ0v) is 12.2. The molecule has 2 aromatic carbocycles. The number of nitrogens with zero attached hydrogens (tertiary/aromatic N) is 3. The zero-order chi connectivity index (χ0) is 15.8. The van der Waals surface area contributed by atoms with Crippen molar-refractivity contribution >= 4 is 23.4 Å². The molecular weight excluding hydrogens is 295 g/mol. The van der Waals surface area contributed by atoms with Gasteiger partial charge < -0.3 is 0 Å². The van der Waals surface area contributed by atoms with Crippen molar-refractivity contribution in [1.82, 2.24) is 10.2 Å². The molecule has 2 aliphatic heterocycles. The van der Waals surface area contributed by atoms with E-state index in [1.165, 1.54) is 12.1 Å². The molecule has 2 aromatic rings. The van der Waals surface area contributed by atoms with Crippen molar-refractivity contribution in [2.75, 3.05) is 13.1 Å². The minimum atomic E-state index is -0.558. The van der Waals surface area contributed by atoms with Crippen molar-refractivity contribution in [3.63, 3.8) is 0 Å². The van der Waals surface area contributed by atoms with Gasteiger partial charge in [-0.25, -0.2) is 9.38 Å². The van der Waals surface area contributed by atoms with Crippen LogP contribution < -0.4 is 5.32 Å². The molecule has 0 spiro atoms. The highest BCUT2D eigenvalue weighted by Crippen LogP contribution is 2.27. The number of para-hydroxylation sites is 1. The van der Waals surface area contributed by atoms with Crippen molar-refractivity contribution < 1.29 is 9.18 Å². The number of carbonyl (C=O) groups is 1. The second kappa shape index (κ2) is 5.31. The summed E-state index contributed by atoms with van der Waals surface area (Å²) in [7, 11) is 0. The molecule has 1 amide bonds. The van der Waals surface area contributed by atoms with Gasteiger partial charge in [-0.05, 0) is 24.3 Å². The monoisotopic (exact) mass is 308 g/mol. The lowest BCUT2D eigenvalue weighted by Crippen LogP contribution is -2.47. The van der Waals surface area contributed by atoms with E-state index in [0.29, 0.717) is 19.0 Å². The molecule has 0 saturated heterocycles. The van der Waals surface area contributed by atoms with Crippen LogP contribution in [-0.2, 0) is 0 Å². The standard InChI is InChI=1S/C17H13FN4O/c18-13-7-3-1-5-11(13)16(23)21-17-20-14-8-4-2-6-12(14)15-19-9-10-22(15)17/h1-8H,9-10H2,(H,20,21,23). The maximum atomic E-state index is 13.8. The molecule has 23 heavy (non-hydrogen) atoms. The summed E-state index contributed by atoms with van der Waals surface area (Å²) in [6, 6.07) is 13.5. The zero-order valence-electron chi connectivity index (χ0n) is 12.2. The lowest BCUT2D eigenvalue weighted by atomic mass is 10.1. The number of aliphatic imine (C=N–C) groups is 2. The Morgan fingerprint density at radius 2 is 1.91 bits per heavy atom. The SMILES string of the molecule is O=C(NC1=Nc2ccccc2C2=NCCN12)c1ccccc1F. The molecule has 0 atom stereocenters. The summed E-state index contributed by atoms with van der Waals surface area (Å²) in [5, 5.41) is 2.70. The number of guanidine groups is 1. The Balaban J connectivity index is 1.70. The van der Waals surface area contributed by atoms with E-state index in [4.69, 9.17) is 0 Å². The first-order valence-corrected chi connectivity index (χ1v) is 7.30. The number of hydrogen-bond donors (Lipinski definition) is 1. The Labute approximate surface area is 132 Å². The number of halogens is 1. The van der Waals surface area contributed by atoms with Crippen molar-refractivity contribution in [2.45, 2.75) is 0 Å². The van der Waals surface area contributed by atoms with E-state index in [0.717, 1.165) is 17.1 Å². The van der Waals surface area contributed by atoms with Crippen molar-refractivity contribution in [1.29, 1.82) is 0 Å². The molecule has 0 saturated carbocycles. The van der Waals surface area contributed by atoms with Gasteiger partial charge in [0.1, 0.15) is 11.7 Å². The molecular formula is C17H13FN4O. The Morgan fingerprint density at radius 1 is 1.13 bits per heavy atom. The second-order valence-electron chi connectivity index (χ2n) is 5.24. The average molecular weight is 308 g/mol. The lowest BCUT2D eigenvalue weighted by Gasteiger charge is -2.27. The van der Waals surface area contributed by atoms with Gasteiger partial charge in [-0.1, -0.05) is 24.3 Å². The van der Waals surface area contributed by atoms with Crippen molar-refractivity contribution in [3.8, 4) is 0 Å². The second-order valence-corrected chi connectivity index (χ2v) is 5.24. The van der Waals surface area contributed by atoms with Crippen LogP contribution in [0.25, 0.3) is 0 Å². The van der Waals surface area contributed by atoms with Crippen LogP contribution in [0, 0.1) is 5.82 Å². The summed E-state index contributed by atoms with van der Waals surface area (Å²) < 4.78 is 13.8. The molecule has 6 heteroatoms. The van der Waals surface area contributed by atoms with E-state index in [1.807, 2.05) is 29.2 Å². The number of carbonyl (C=O) groups excluding carboxylic acids is 1. The maximum absolute atomic E-state index is 13.8. The van der Waals surface area contributed by atoms with E-state index < -0.39 is 11.7 Å². The van der Waals surface area contributed by atoms with Gasteiger partial charge in [-0.2, -0.15) is 0 Å². The van der Waals surface area contributed by atoms with Gasteiger partial charge in [0.05, 0.1) is 17.8 Å². The molecule has 0 unspecified atom stereocenters. The first-order chi connectivity index (χ1) is 11.2. The minimum Gasteiger partial charge on any atom is -0.294 e. The van der Waals surface area contributed by atoms with Gasteiger partial charge in [0.25, 0.3) is 5.91 Å². The highest BCUT2D eigenvalue weighted by molar-refractivity contribution is 6.19. The predicted octanol–water partition coefficient (Wildman–Crippen LogP) is 2.32. The summed E-state index contributed by atoms with van der Waals surface area (Å²) >= 11 is 0. The number of amidine groups is 1. The van der Waals surface area contributed by atoms with E-state index >= 15 is 0 Å². The van der Waals surface area contributed by atoms with Gasteiger partial charge in [-0.15, -0.1) is 0 Å². The number of rotatable bonds is 1. The Hall–Kier alpha value is -3.02. The van der Waals surface area contributed by atoms with Crippen LogP contribution in [0.1, 0.15) is 15.9 Å². The van der Waals surface area contributed by atoms with E-state index in [2.05, 4.69) is 15.3 Å². The van der Waals surface area contributed by atoms with Crippen LogP contribution in [0.5, 0.6) is 0 Å². The van der Waals surface area contributed by atoms with Crippen molar-refractivity contribution in [3.05, 3.63) is 65.5 Å². The van der Waals surface area contributed by atoms with Crippen LogP contribution in [0.2, 0.25) is 0 Å². The molecule has 0 fully saturated rings. The Morgan fingerprint density at radius 3 is 2.78 bits per heavy atom. The van der Waals surface area contributed by atoms with E-state index in [9.17, 15) is 9.18 Å². The van der Waals surface area contributed by atoms with Gasteiger partial charge >= 0.3 is 0 Å². The number of amides is 1. The van der Waals surface area contributed by atoms with E-state index in [1.54, 1.807) is 12.1 Å². The highest BCUT2D eigenvalue weighted by atomic mass is 19.1. The lowest BCUT2D eigenvalue weighted by molar-refractivity contribution is 0.0970. The molecule has 0 bridgehead atoms. The summed E-state index contributed by atoms with van der Waals surface area (Å²) in [6.07, 6.45) is 0. The smallest absolute Gasteiger partial charge is 0.260 e. The highest BCUT2D eigenvalue weighted by Gasteiger charge is 2.30.